The van der Waals surface area contributed by atoms with Gasteiger partial charge in [0.1, 0.15) is 0 Å². The summed E-state index contributed by atoms with van der Waals surface area (Å²) < 4.78 is 3.15. The minimum atomic E-state index is -2.30. The van der Waals surface area contributed by atoms with Crippen LogP contribution in [0.3, 0.4) is 0 Å². The van der Waals surface area contributed by atoms with Crippen LogP contribution in [0.15, 0.2) is 0 Å². The number of hydrogen-bond acceptors (Lipinski definition) is 17. The summed E-state index contributed by atoms with van der Waals surface area (Å²) in [6, 6.07) is -1.64. The molecular formula is C33H44I6N6O17. The standard InChI is InChI=1S/2C15H20I3N3O6.C3H4O5/c2*1-19-13-11(17)8(14(26)20-2-7(25)5-24)10(16)9(12(13)18)15(27)21-6(3-22)4-23;4-1(2(5)6)3(7)8/h2*6-7,19,22-25H,2-5H2,1H3,(H,20,26)(H,21,27);1,4H,(H,5,6)(H,7,8). The number of aliphatic hydroxyl groups excluding tert-OH is 9. The zero-order chi connectivity index (χ0) is 48.2. The molecule has 62 heavy (non-hydrogen) atoms. The van der Waals surface area contributed by atoms with Gasteiger partial charge in [0.15, 0.2) is 0 Å². The molecule has 2 unspecified atom stereocenters. The third-order valence-electron chi connectivity index (χ3n) is 7.48. The first-order chi connectivity index (χ1) is 29.0. The molecule has 2 aromatic rings. The molecule has 17 N–H and O–H groups in total. The molecule has 2 aromatic carbocycles. The van der Waals surface area contributed by atoms with Crippen molar-refractivity contribution >= 4 is 182 Å². The van der Waals surface area contributed by atoms with Crippen molar-refractivity contribution in [2.45, 2.75) is 30.4 Å². The highest BCUT2D eigenvalue weighted by Gasteiger charge is 2.30. The lowest BCUT2D eigenvalue weighted by atomic mass is 10.1. The van der Waals surface area contributed by atoms with Gasteiger partial charge in [0, 0.05) is 34.3 Å². The maximum Gasteiger partial charge on any atom is 0.344 e. The Morgan fingerprint density at radius 3 is 0.903 bits per heavy atom. The van der Waals surface area contributed by atoms with Crippen LogP contribution in [-0.2, 0) is 9.59 Å². The third kappa shape index (κ3) is 17.9. The molecule has 0 saturated heterocycles. The van der Waals surface area contributed by atoms with Crippen LogP contribution in [0.25, 0.3) is 0 Å². The van der Waals surface area contributed by atoms with Crippen molar-refractivity contribution in [2.75, 3.05) is 77.5 Å². The second kappa shape index (κ2) is 31.0. The van der Waals surface area contributed by atoms with E-state index in [9.17, 15) is 59.4 Å². The monoisotopic (exact) mass is 1560 g/mol. The molecule has 2 atom stereocenters. The molecule has 0 aliphatic carbocycles. The smallest absolute Gasteiger partial charge is 0.344 e. The van der Waals surface area contributed by atoms with E-state index in [1.54, 1.807) is 14.1 Å². The maximum atomic E-state index is 12.7. The topological polar surface area (TPSA) is 397 Å². The fourth-order valence-corrected chi connectivity index (χ4v) is 13.6. The van der Waals surface area contributed by atoms with E-state index in [1.165, 1.54) is 0 Å². The lowest BCUT2D eigenvalue weighted by Crippen LogP contribution is -2.41. The molecule has 29 heteroatoms. The van der Waals surface area contributed by atoms with E-state index in [0.29, 0.717) is 32.8 Å². The van der Waals surface area contributed by atoms with E-state index in [0.717, 1.165) is 0 Å². The number of anilines is 2. The van der Waals surface area contributed by atoms with Gasteiger partial charge in [0.25, 0.3) is 23.6 Å². The van der Waals surface area contributed by atoms with Crippen molar-refractivity contribution < 1.29 is 84.9 Å². The Hall–Kier alpha value is -1.12. The highest BCUT2D eigenvalue weighted by Crippen LogP contribution is 2.37. The molecule has 0 bridgehead atoms. The Bertz CT molecular complexity index is 1760. The van der Waals surface area contributed by atoms with Gasteiger partial charge in [-0.05, 0) is 136 Å². The molecule has 23 nitrogen and oxygen atoms in total. The van der Waals surface area contributed by atoms with Gasteiger partial charge in [-0.15, -0.1) is 0 Å². The van der Waals surface area contributed by atoms with Crippen molar-refractivity contribution in [3.8, 4) is 0 Å². The highest BCUT2D eigenvalue weighted by atomic mass is 127. The average molecular weight is 1560 g/mol. The minimum Gasteiger partial charge on any atom is -0.479 e. The van der Waals surface area contributed by atoms with E-state index < -0.39 is 106 Å². The summed E-state index contributed by atoms with van der Waals surface area (Å²) in [5.41, 5.74) is 2.14. The summed E-state index contributed by atoms with van der Waals surface area (Å²) in [7, 11) is 3.32. The van der Waals surface area contributed by atoms with Gasteiger partial charge in [-0.1, -0.05) is 0 Å². The zero-order valence-electron chi connectivity index (χ0n) is 32.2. The molecule has 0 radical (unpaired) electrons. The van der Waals surface area contributed by atoms with E-state index in [2.05, 4.69) is 31.9 Å². The normalized spacial score (nSPS) is 11.7. The molecule has 2 rings (SSSR count). The average Bonchev–Trinajstić information content (AvgIpc) is 3.23. The predicted octanol–water partition coefficient (Wildman–Crippen LogP) is -2.07. The van der Waals surface area contributed by atoms with Gasteiger partial charge in [0.05, 0.1) is 112 Å². The molecule has 350 valence electrons. The lowest BCUT2D eigenvalue weighted by Gasteiger charge is -2.20. The first kappa shape index (κ1) is 60.9. The predicted molar refractivity (Wildman–Crippen MR) is 271 cm³/mol. The number of halogens is 6. The van der Waals surface area contributed by atoms with Gasteiger partial charge in [-0.3, -0.25) is 19.2 Å². The second-order valence-electron chi connectivity index (χ2n) is 11.9. The Morgan fingerprint density at radius 1 is 0.452 bits per heavy atom. The summed E-state index contributed by atoms with van der Waals surface area (Å²) in [6.07, 6.45) is -4.47. The van der Waals surface area contributed by atoms with Crippen molar-refractivity contribution in [3.05, 3.63) is 43.7 Å². The molecule has 4 amide bonds. The van der Waals surface area contributed by atoms with Crippen LogP contribution < -0.4 is 31.9 Å². The molecule has 0 heterocycles. The molecule has 0 fully saturated rings. The Kier molecular flexibility index (Phi) is 30.4. The Labute approximate surface area is 435 Å². The maximum absolute atomic E-state index is 12.7. The number of hydrogen-bond donors (Lipinski definition) is 17. The van der Waals surface area contributed by atoms with E-state index in [4.69, 9.17) is 25.5 Å². The molecule has 0 saturated carbocycles. The Balaban J connectivity index is 0.00000102. The van der Waals surface area contributed by atoms with E-state index in [1.807, 2.05) is 136 Å². The summed E-state index contributed by atoms with van der Waals surface area (Å²) in [4.78, 5) is 69.7. The van der Waals surface area contributed by atoms with Crippen LogP contribution in [0.5, 0.6) is 0 Å². The summed E-state index contributed by atoms with van der Waals surface area (Å²) in [5.74, 6) is -5.57. The minimum absolute atomic E-state index is 0.138. The number of amides is 4. The van der Waals surface area contributed by atoms with Gasteiger partial charge in [0.2, 0.25) is 6.10 Å². The number of carbonyl (C=O) groups is 6. The van der Waals surface area contributed by atoms with Crippen molar-refractivity contribution in [2.24, 2.45) is 0 Å². The molecule has 0 aliphatic rings. The number of carboxylic acid groups (broad SMARTS) is 2. The number of aliphatic carboxylic acids is 2. The number of rotatable bonds is 20. The van der Waals surface area contributed by atoms with Gasteiger partial charge in [-0.2, -0.15) is 0 Å². The molecule has 0 aliphatic heterocycles. The largest absolute Gasteiger partial charge is 0.479 e. The number of carbonyl (C=O) groups excluding carboxylic acids is 4. The van der Waals surface area contributed by atoms with Crippen LogP contribution in [-0.4, -0.2) is 189 Å². The third-order valence-corrected chi connectivity index (χ3v) is 14.0. The first-order valence-corrected chi connectivity index (χ1v) is 23.6. The van der Waals surface area contributed by atoms with Crippen LogP contribution in [0.4, 0.5) is 11.4 Å². The van der Waals surface area contributed by atoms with Crippen LogP contribution in [0.2, 0.25) is 0 Å². The van der Waals surface area contributed by atoms with Crippen LogP contribution in [0.1, 0.15) is 41.4 Å². The highest BCUT2D eigenvalue weighted by molar-refractivity contribution is 14.1. The Morgan fingerprint density at radius 2 is 0.710 bits per heavy atom. The molecular weight excluding hydrogens is 1510 g/mol. The zero-order valence-corrected chi connectivity index (χ0v) is 45.1. The van der Waals surface area contributed by atoms with Crippen molar-refractivity contribution in [3.63, 3.8) is 0 Å². The first-order valence-electron chi connectivity index (χ1n) is 17.1. The van der Waals surface area contributed by atoms with E-state index >= 15 is 0 Å². The molecule has 0 aromatic heterocycles. The molecule has 0 spiro atoms. The van der Waals surface area contributed by atoms with E-state index in [-0.39, 0.29) is 35.3 Å². The quantitative estimate of drug-likeness (QED) is 0.0500. The van der Waals surface area contributed by atoms with Gasteiger partial charge in [-0.25, -0.2) is 9.59 Å². The fourth-order valence-electron chi connectivity index (χ4n) is 4.21. The van der Waals surface area contributed by atoms with Crippen LogP contribution in [0, 0.1) is 21.4 Å². The number of nitrogens with one attached hydrogen (secondary N) is 6. The van der Waals surface area contributed by atoms with Gasteiger partial charge >= 0.3 is 11.9 Å². The summed E-state index contributed by atoms with van der Waals surface area (Å²) in [5, 5.41) is 113. The van der Waals surface area contributed by atoms with Crippen molar-refractivity contribution in [1.82, 2.24) is 21.3 Å². The number of carboxylic acids is 2. The van der Waals surface area contributed by atoms with Crippen LogP contribution >= 0.6 is 136 Å². The fraction of sp³-hybridized carbons (Fsp3) is 0.455. The second-order valence-corrected chi connectivity index (χ2v) is 18.3. The summed E-state index contributed by atoms with van der Waals surface area (Å²) >= 11 is 11.8. The van der Waals surface area contributed by atoms with Gasteiger partial charge < -0.3 is 88.1 Å². The van der Waals surface area contributed by atoms with Crippen molar-refractivity contribution in [1.29, 1.82) is 0 Å². The lowest BCUT2D eigenvalue weighted by molar-refractivity contribution is -0.161. The number of benzene rings is 2. The summed E-state index contributed by atoms with van der Waals surface area (Å²) in [6.45, 7) is -2.95. The SMILES string of the molecule is CNc1c(I)c(C(=O)NCC(O)CO)c(I)c(C(=O)NC(CO)CO)c1I.CNc1c(I)c(C(=O)NCC(O)CO)c(I)c(C(=O)NC(CO)CO)c1I.O=C(O)C(O)C(=O)O. The number of aliphatic hydroxyl groups is 9.